The lowest BCUT2D eigenvalue weighted by Crippen LogP contribution is -2.09. The Balaban J connectivity index is 1.59. The van der Waals surface area contributed by atoms with Gasteiger partial charge in [0.2, 0.25) is 5.95 Å². The zero-order valence-electron chi connectivity index (χ0n) is 12.0. The van der Waals surface area contributed by atoms with Gasteiger partial charge in [0.25, 0.3) is 0 Å². The molecule has 0 spiro atoms. The van der Waals surface area contributed by atoms with E-state index in [1.165, 1.54) is 5.56 Å². The van der Waals surface area contributed by atoms with Crippen molar-refractivity contribution in [3.8, 4) is 0 Å². The smallest absolute Gasteiger partial charge is 0.243 e. The van der Waals surface area contributed by atoms with Crippen LogP contribution in [-0.4, -0.2) is 21.7 Å². The van der Waals surface area contributed by atoms with Gasteiger partial charge < -0.3 is 5.32 Å². The average Bonchev–Trinajstić information content (AvgIpc) is 2.55. The molecule has 21 heavy (non-hydrogen) atoms. The molecule has 0 saturated carbocycles. The number of benzene rings is 2. The van der Waals surface area contributed by atoms with Crippen molar-refractivity contribution in [1.82, 2.24) is 15.2 Å². The topological polar surface area (TPSA) is 50.7 Å². The number of aromatic nitrogens is 3. The molecule has 3 rings (SSSR count). The highest BCUT2D eigenvalue weighted by atomic mass is 15.2. The molecule has 1 aromatic heterocycles. The molecule has 106 valence electrons. The molecule has 1 heterocycles. The van der Waals surface area contributed by atoms with Gasteiger partial charge in [0, 0.05) is 6.54 Å². The van der Waals surface area contributed by atoms with Gasteiger partial charge in [-0.1, -0.05) is 49.4 Å². The van der Waals surface area contributed by atoms with Crippen LogP contribution in [-0.2, 0) is 0 Å². The van der Waals surface area contributed by atoms with Crippen molar-refractivity contribution in [3.63, 3.8) is 0 Å². The molecule has 0 saturated heterocycles. The van der Waals surface area contributed by atoms with Crippen LogP contribution in [0.3, 0.4) is 0 Å². The molecule has 1 N–H and O–H groups in total. The summed E-state index contributed by atoms with van der Waals surface area (Å²) in [5.41, 5.74) is 3.05. The summed E-state index contributed by atoms with van der Waals surface area (Å²) in [6.07, 6.45) is 1.03. The van der Waals surface area contributed by atoms with Crippen molar-refractivity contribution >= 4 is 17.0 Å². The van der Waals surface area contributed by atoms with Crippen LogP contribution in [0.5, 0.6) is 0 Å². The summed E-state index contributed by atoms with van der Waals surface area (Å²) in [6, 6.07) is 18.3. The van der Waals surface area contributed by atoms with Gasteiger partial charge in [0.15, 0.2) is 0 Å². The maximum absolute atomic E-state index is 4.46. The third-order valence-electron chi connectivity index (χ3n) is 3.59. The summed E-state index contributed by atoms with van der Waals surface area (Å²) in [7, 11) is 0. The van der Waals surface area contributed by atoms with Crippen molar-refractivity contribution in [2.24, 2.45) is 0 Å². The van der Waals surface area contributed by atoms with Gasteiger partial charge in [-0.2, -0.15) is 0 Å². The van der Waals surface area contributed by atoms with Crippen LogP contribution in [0.4, 0.5) is 5.95 Å². The van der Waals surface area contributed by atoms with Gasteiger partial charge in [0.1, 0.15) is 5.52 Å². The van der Waals surface area contributed by atoms with Crippen LogP contribution >= 0.6 is 0 Å². The Bertz CT molecular complexity index is 712. The van der Waals surface area contributed by atoms with E-state index in [4.69, 9.17) is 0 Å². The molecule has 1 unspecified atom stereocenters. The van der Waals surface area contributed by atoms with Gasteiger partial charge >= 0.3 is 0 Å². The van der Waals surface area contributed by atoms with Crippen LogP contribution in [0, 0.1) is 0 Å². The highest BCUT2D eigenvalue weighted by molar-refractivity contribution is 5.73. The number of hydrogen-bond acceptors (Lipinski definition) is 4. The molecule has 2 aromatic carbocycles. The number of anilines is 1. The standard InChI is InChI=1S/C17H18N4/c1-13(14-7-3-2-4-8-14)11-12-18-17-19-15-9-5-6-10-16(15)20-21-17/h2-10,13H,11-12H2,1H3,(H,18,19,21). The Labute approximate surface area is 124 Å². The number of hydrogen-bond donors (Lipinski definition) is 1. The zero-order valence-corrected chi connectivity index (χ0v) is 12.0. The molecule has 0 amide bonds. The van der Waals surface area contributed by atoms with Crippen LogP contribution in [0.15, 0.2) is 54.6 Å². The van der Waals surface area contributed by atoms with E-state index in [9.17, 15) is 0 Å². The van der Waals surface area contributed by atoms with Crippen molar-refractivity contribution in [2.75, 3.05) is 11.9 Å². The molecule has 4 nitrogen and oxygen atoms in total. The minimum Gasteiger partial charge on any atom is -0.353 e. The minimum absolute atomic E-state index is 0.507. The Morgan fingerprint density at radius 1 is 0.905 bits per heavy atom. The quantitative estimate of drug-likeness (QED) is 0.774. The van der Waals surface area contributed by atoms with Crippen molar-refractivity contribution < 1.29 is 0 Å². The lowest BCUT2D eigenvalue weighted by atomic mass is 9.98. The Morgan fingerprint density at radius 2 is 1.62 bits per heavy atom. The van der Waals surface area contributed by atoms with Gasteiger partial charge in [-0.05, 0) is 30.0 Å². The Kier molecular flexibility index (Phi) is 4.05. The first-order valence-electron chi connectivity index (χ1n) is 7.21. The summed E-state index contributed by atoms with van der Waals surface area (Å²) >= 11 is 0. The van der Waals surface area contributed by atoms with Crippen LogP contribution < -0.4 is 5.32 Å². The van der Waals surface area contributed by atoms with E-state index in [0.29, 0.717) is 11.9 Å². The number of nitrogens with zero attached hydrogens (tertiary/aromatic N) is 3. The number of rotatable bonds is 5. The van der Waals surface area contributed by atoms with E-state index < -0.39 is 0 Å². The summed E-state index contributed by atoms with van der Waals surface area (Å²) < 4.78 is 0. The highest BCUT2D eigenvalue weighted by Gasteiger charge is 2.05. The first kappa shape index (κ1) is 13.5. The van der Waals surface area contributed by atoms with Gasteiger partial charge in [0.05, 0.1) is 5.52 Å². The summed E-state index contributed by atoms with van der Waals surface area (Å²) in [4.78, 5) is 4.46. The van der Waals surface area contributed by atoms with Crippen LogP contribution in [0.2, 0.25) is 0 Å². The maximum Gasteiger partial charge on any atom is 0.243 e. The summed E-state index contributed by atoms with van der Waals surface area (Å²) in [5, 5.41) is 11.5. The second-order valence-electron chi connectivity index (χ2n) is 5.15. The molecule has 3 aromatic rings. The predicted molar refractivity (Wildman–Crippen MR) is 85.3 cm³/mol. The summed E-state index contributed by atoms with van der Waals surface area (Å²) in [5.74, 6) is 1.10. The van der Waals surface area contributed by atoms with Gasteiger partial charge in [-0.3, -0.25) is 0 Å². The third kappa shape index (κ3) is 3.34. The monoisotopic (exact) mass is 278 g/mol. The molecule has 0 fully saturated rings. The second kappa shape index (κ2) is 6.31. The van der Waals surface area contributed by atoms with Crippen molar-refractivity contribution in [1.29, 1.82) is 0 Å². The third-order valence-corrected chi connectivity index (χ3v) is 3.59. The van der Waals surface area contributed by atoms with Crippen molar-refractivity contribution in [2.45, 2.75) is 19.3 Å². The Hall–Kier alpha value is -2.49. The molecule has 0 aliphatic carbocycles. The van der Waals surface area contributed by atoms with Gasteiger partial charge in [-0.15, -0.1) is 10.2 Å². The predicted octanol–water partition coefficient (Wildman–Crippen LogP) is 3.63. The molecule has 0 radical (unpaired) electrons. The second-order valence-corrected chi connectivity index (χ2v) is 5.15. The maximum atomic E-state index is 4.46. The van der Waals surface area contributed by atoms with E-state index in [0.717, 1.165) is 24.0 Å². The molecule has 1 atom stereocenters. The van der Waals surface area contributed by atoms with E-state index in [-0.39, 0.29) is 0 Å². The number of para-hydroxylation sites is 1. The van der Waals surface area contributed by atoms with E-state index in [1.54, 1.807) is 0 Å². The molecular weight excluding hydrogens is 260 g/mol. The average molecular weight is 278 g/mol. The van der Waals surface area contributed by atoms with Gasteiger partial charge in [-0.25, -0.2) is 4.98 Å². The fourth-order valence-electron chi connectivity index (χ4n) is 2.30. The Morgan fingerprint density at radius 3 is 2.43 bits per heavy atom. The van der Waals surface area contributed by atoms with Crippen molar-refractivity contribution in [3.05, 3.63) is 60.2 Å². The number of fused-ring (bicyclic) bond motifs is 1. The van der Waals surface area contributed by atoms with E-state index in [1.807, 2.05) is 30.3 Å². The molecule has 0 aliphatic rings. The molecule has 4 heteroatoms. The van der Waals surface area contributed by atoms with Crippen LogP contribution in [0.25, 0.3) is 11.0 Å². The normalized spacial score (nSPS) is 12.2. The molecular formula is C17H18N4. The van der Waals surface area contributed by atoms with E-state index >= 15 is 0 Å². The molecule has 0 bridgehead atoms. The largest absolute Gasteiger partial charge is 0.353 e. The first-order chi connectivity index (χ1) is 10.3. The van der Waals surface area contributed by atoms with Crippen LogP contribution in [0.1, 0.15) is 24.8 Å². The zero-order chi connectivity index (χ0) is 14.5. The lowest BCUT2D eigenvalue weighted by Gasteiger charge is -2.12. The SMILES string of the molecule is CC(CCNc1nnc2ccccc2n1)c1ccccc1. The lowest BCUT2D eigenvalue weighted by molar-refractivity contribution is 0.702. The number of nitrogens with one attached hydrogen (secondary N) is 1. The molecule has 0 aliphatic heterocycles. The highest BCUT2D eigenvalue weighted by Crippen LogP contribution is 2.18. The minimum atomic E-state index is 0.507. The van der Waals surface area contributed by atoms with E-state index in [2.05, 4.69) is 51.7 Å². The summed E-state index contributed by atoms with van der Waals surface area (Å²) in [6.45, 7) is 3.06. The fraction of sp³-hybridized carbons (Fsp3) is 0.235. The fourth-order valence-corrected chi connectivity index (χ4v) is 2.30. The first-order valence-corrected chi connectivity index (χ1v) is 7.21.